The van der Waals surface area contributed by atoms with E-state index in [2.05, 4.69) is 10.3 Å². The summed E-state index contributed by atoms with van der Waals surface area (Å²) < 4.78 is 16.1. The number of rotatable bonds is 5. The number of carbonyl (C=O) groups excluding carboxylic acids is 1. The first kappa shape index (κ1) is 17.7. The van der Waals surface area contributed by atoms with E-state index in [9.17, 15) is 14.3 Å². The van der Waals surface area contributed by atoms with Crippen molar-refractivity contribution in [3.05, 3.63) is 77.1 Å². The first-order valence-electron chi connectivity index (χ1n) is 8.38. The number of aromatic hydroxyl groups is 1. The van der Waals surface area contributed by atoms with Gasteiger partial charge in [0.25, 0.3) is 5.91 Å². The lowest BCUT2D eigenvalue weighted by Gasteiger charge is -2.11. The summed E-state index contributed by atoms with van der Waals surface area (Å²) in [6, 6.07) is 9.74. The van der Waals surface area contributed by atoms with Crippen molar-refractivity contribution >= 4 is 5.91 Å². The Morgan fingerprint density at radius 2 is 2.00 bits per heavy atom. The SMILES string of the molecule is CCc1ccc(O)c(C(=O)NCc2ccc(-n3ccnc3C)c(F)c2)c1. The number of aryl methyl sites for hydroxylation is 2. The van der Waals surface area contributed by atoms with E-state index in [4.69, 9.17) is 0 Å². The van der Waals surface area contributed by atoms with Crippen molar-refractivity contribution in [2.45, 2.75) is 26.8 Å². The van der Waals surface area contributed by atoms with Gasteiger partial charge in [0.05, 0.1) is 11.3 Å². The van der Waals surface area contributed by atoms with Gasteiger partial charge in [-0.15, -0.1) is 0 Å². The predicted molar refractivity (Wildman–Crippen MR) is 96.9 cm³/mol. The van der Waals surface area contributed by atoms with Crippen LogP contribution < -0.4 is 5.32 Å². The third-order valence-electron chi connectivity index (χ3n) is 4.26. The Labute approximate surface area is 151 Å². The predicted octanol–water partition coefficient (Wildman–Crippen LogP) is 3.52. The number of nitrogens with zero attached hydrogens (tertiary/aromatic N) is 2. The van der Waals surface area contributed by atoms with Gasteiger partial charge < -0.3 is 15.0 Å². The molecule has 3 rings (SSSR count). The molecule has 2 N–H and O–H groups in total. The highest BCUT2D eigenvalue weighted by Gasteiger charge is 2.13. The molecule has 0 fully saturated rings. The van der Waals surface area contributed by atoms with Crippen LogP contribution >= 0.6 is 0 Å². The molecular formula is C20H20FN3O2. The molecule has 0 radical (unpaired) electrons. The third-order valence-corrected chi connectivity index (χ3v) is 4.26. The smallest absolute Gasteiger partial charge is 0.255 e. The molecule has 0 aliphatic heterocycles. The van der Waals surface area contributed by atoms with Gasteiger partial charge in [-0.3, -0.25) is 4.79 Å². The first-order chi connectivity index (χ1) is 12.5. The van der Waals surface area contributed by atoms with Crippen LogP contribution in [-0.2, 0) is 13.0 Å². The van der Waals surface area contributed by atoms with Crippen LogP contribution in [0.5, 0.6) is 5.75 Å². The van der Waals surface area contributed by atoms with Gasteiger partial charge in [0.1, 0.15) is 17.4 Å². The van der Waals surface area contributed by atoms with Crippen LogP contribution in [0.1, 0.15) is 34.2 Å². The van der Waals surface area contributed by atoms with Crippen molar-refractivity contribution in [3.63, 3.8) is 0 Å². The average Bonchev–Trinajstić information content (AvgIpc) is 3.06. The molecule has 3 aromatic rings. The number of phenolic OH excluding ortho intramolecular Hbond substituents is 1. The molecule has 134 valence electrons. The maximum Gasteiger partial charge on any atom is 0.255 e. The van der Waals surface area contributed by atoms with Crippen molar-refractivity contribution in [2.24, 2.45) is 0 Å². The number of hydrogen-bond donors (Lipinski definition) is 2. The summed E-state index contributed by atoms with van der Waals surface area (Å²) in [6.07, 6.45) is 4.07. The molecule has 0 atom stereocenters. The second-order valence-electron chi connectivity index (χ2n) is 6.02. The fourth-order valence-corrected chi connectivity index (χ4v) is 2.75. The molecule has 0 saturated heterocycles. The molecule has 5 nitrogen and oxygen atoms in total. The van der Waals surface area contributed by atoms with Gasteiger partial charge in [0.15, 0.2) is 0 Å². The Kier molecular flexibility index (Phi) is 5.02. The zero-order valence-electron chi connectivity index (χ0n) is 14.7. The molecule has 0 saturated carbocycles. The number of carbonyl (C=O) groups is 1. The van der Waals surface area contributed by atoms with Gasteiger partial charge in [-0.05, 0) is 48.7 Å². The quantitative estimate of drug-likeness (QED) is 0.737. The average molecular weight is 353 g/mol. The molecule has 26 heavy (non-hydrogen) atoms. The van der Waals surface area contributed by atoms with Crippen LogP contribution in [0.2, 0.25) is 0 Å². The van der Waals surface area contributed by atoms with E-state index in [1.165, 1.54) is 12.1 Å². The minimum Gasteiger partial charge on any atom is -0.507 e. The normalized spacial score (nSPS) is 10.7. The topological polar surface area (TPSA) is 67.2 Å². The van der Waals surface area contributed by atoms with Crippen LogP contribution in [0.25, 0.3) is 5.69 Å². The highest BCUT2D eigenvalue weighted by Crippen LogP contribution is 2.20. The van der Waals surface area contributed by atoms with Gasteiger partial charge in [-0.1, -0.05) is 19.1 Å². The van der Waals surface area contributed by atoms with Gasteiger partial charge in [0, 0.05) is 18.9 Å². The maximum atomic E-state index is 14.4. The number of imidazole rings is 1. The van der Waals surface area contributed by atoms with Crippen LogP contribution in [0.15, 0.2) is 48.8 Å². The minimum absolute atomic E-state index is 0.0724. The number of aromatic nitrogens is 2. The van der Waals surface area contributed by atoms with Crippen LogP contribution in [0, 0.1) is 12.7 Å². The van der Waals surface area contributed by atoms with E-state index < -0.39 is 11.7 Å². The van der Waals surface area contributed by atoms with Gasteiger partial charge in [-0.2, -0.15) is 0 Å². The lowest BCUT2D eigenvalue weighted by atomic mass is 10.1. The second-order valence-corrected chi connectivity index (χ2v) is 6.02. The third kappa shape index (κ3) is 3.59. The first-order valence-corrected chi connectivity index (χ1v) is 8.38. The summed E-state index contributed by atoms with van der Waals surface area (Å²) in [5, 5.41) is 12.6. The number of amides is 1. The Morgan fingerprint density at radius 1 is 1.23 bits per heavy atom. The Bertz CT molecular complexity index is 950. The fraction of sp³-hybridized carbons (Fsp3) is 0.200. The standard InChI is InChI=1S/C20H20FN3O2/c1-3-14-5-7-19(25)16(10-14)20(26)23-12-15-4-6-18(17(21)11-15)24-9-8-22-13(24)2/h4-11,25H,3,12H2,1-2H3,(H,23,26). The Balaban J connectivity index is 1.73. The zero-order valence-corrected chi connectivity index (χ0v) is 14.7. The van der Waals surface area contributed by atoms with Crippen molar-refractivity contribution in [1.29, 1.82) is 0 Å². The molecule has 0 spiro atoms. The second kappa shape index (κ2) is 7.39. The van der Waals surface area contributed by atoms with E-state index in [1.807, 2.05) is 6.92 Å². The van der Waals surface area contributed by atoms with Crippen LogP contribution in [-0.4, -0.2) is 20.6 Å². The molecule has 0 aliphatic carbocycles. The van der Waals surface area contributed by atoms with E-state index in [0.29, 0.717) is 17.1 Å². The minimum atomic E-state index is -0.396. The highest BCUT2D eigenvalue weighted by molar-refractivity contribution is 5.96. The van der Waals surface area contributed by atoms with Gasteiger partial charge in [-0.25, -0.2) is 9.37 Å². The molecule has 1 aromatic heterocycles. The summed E-state index contributed by atoms with van der Waals surface area (Å²) in [6.45, 7) is 3.93. The van der Waals surface area contributed by atoms with E-state index in [1.54, 1.807) is 48.1 Å². The van der Waals surface area contributed by atoms with E-state index in [0.717, 1.165) is 12.0 Å². The van der Waals surface area contributed by atoms with Gasteiger partial charge >= 0.3 is 0 Å². The number of benzene rings is 2. The molecule has 0 aliphatic rings. The number of phenols is 1. The molecule has 2 aromatic carbocycles. The van der Waals surface area contributed by atoms with Crippen LogP contribution in [0.4, 0.5) is 4.39 Å². The summed E-state index contributed by atoms with van der Waals surface area (Å²) in [4.78, 5) is 16.4. The summed E-state index contributed by atoms with van der Waals surface area (Å²) in [7, 11) is 0. The van der Waals surface area contributed by atoms with Crippen molar-refractivity contribution in [2.75, 3.05) is 0 Å². The Hall–Kier alpha value is -3.15. The largest absolute Gasteiger partial charge is 0.507 e. The monoisotopic (exact) mass is 353 g/mol. The van der Waals surface area contributed by atoms with Gasteiger partial charge in [0.2, 0.25) is 0 Å². The lowest BCUT2D eigenvalue weighted by Crippen LogP contribution is -2.23. The molecule has 0 bridgehead atoms. The summed E-state index contributed by atoms with van der Waals surface area (Å²) in [5.41, 5.74) is 2.21. The van der Waals surface area contributed by atoms with Crippen molar-refractivity contribution < 1.29 is 14.3 Å². The summed E-state index contributed by atoms with van der Waals surface area (Å²) >= 11 is 0. The van der Waals surface area contributed by atoms with Crippen molar-refractivity contribution in [3.8, 4) is 11.4 Å². The molecular weight excluding hydrogens is 333 g/mol. The molecule has 1 amide bonds. The highest BCUT2D eigenvalue weighted by atomic mass is 19.1. The molecule has 1 heterocycles. The summed E-state index contributed by atoms with van der Waals surface area (Å²) in [5.74, 6) is -0.172. The van der Waals surface area contributed by atoms with E-state index in [-0.39, 0.29) is 17.9 Å². The van der Waals surface area contributed by atoms with Crippen molar-refractivity contribution in [1.82, 2.24) is 14.9 Å². The maximum absolute atomic E-state index is 14.4. The fourth-order valence-electron chi connectivity index (χ4n) is 2.75. The number of halogens is 1. The number of hydrogen-bond acceptors (Lipinski definition) is 3. The number of nitrogens with one attached hydrogen (secondary N) is 1. The molecule has 6 heteroatoms. The van der Waals surface area contributed by atoms with E-state index >= 15 is 0 Å². The lowest BCUT2D eigenvalue weighted by molar-refractivity contribution is 0.0948. The Morgan fingerprint density at radius 3 is 2.65 bits per heavy atom. The zero-order chi connectivity index (χ0) is 18.7. The molecule has 0 unspecified atom stereocenters. The van der Waals surface area contributed by atoms with Crippen LogP contribution in [0.3, 0.4) is 0 Å².